The Labute approximate surface area is 162 Å². The zero-order chi connectivity index (χ0) is 17.8. The summed E-state index contributed by atoms with van der Waals surface area (Å²) >= 11 is 0. The van der Waals surface area contributed by atoms with Crippen molar-refractivity contribution in [3.8, 4) is 0 Å². The number of nitrogens with two attached hydrogens (primary N) is 1. The molecule has 0 amide bonds. The summed E-state index contributed by atoms with van der Waals surface area (Å²) < 4.78 is 0. The van der Waals surface area contributed by atoms with Crippen molar-refractivity contribution in [2.24, 2.45) is 5.73 Å². The van der Waals surface area contributed by atoms with E-state index in [0.29, 0.717) is 0 Å². The summed E-state index contributed by atoms with van der Waals surface area (Å²) in [6, 6.07) is 13.1. The fraction of sp³-hybridized carbons (Fsp3) is 0.222. The molecule has 0 saturated heterocycles. The Morgan fingerprint density at radius 1 is 0.800 bits per heavy atom. The van der Waals surface area contributed by atoms with Gasteiger partial charge in [-0.05, 0) is 31.5 Å². The van der Waals surface area contributed by atoms with Crippen LogP contribution >= 0.6 is 0 Å². The van der Waals surface area contributed by atoms with E-state index in [1.165, 1.54) is 24.3 Å². The van der Waals surface area contributed by atoms with E-state index in [0.717, 1.165) is 17.7 Å². The van der Waals surface area contributed by atoms with Crippen LogP contribution in [0.4, 0.5) is 0 Å². The number of hydrogen-bond acceptors (Lipinski definition) is 6. The summed E-state index contributed by atoms with van der Waals surface area (Å²) in [5, 5.41) is 20.4. The Bertz CT molecular complexity index is 558. The molecule has 7 heteroatoms. The predicted molar refractivity (Wildman–Crippen MR) is 90.8 cm³/mol. The van der Waals surface area contributed by atoms with E-state index in [2.05, 4.69) is 0 Å². The largest absolute Gasteiger partial charge is 2.00 e. The zero-order valence-electron chi connectivity index (χ0n) is 14.6. The minimum atomic E-state index is -1.12. The molecule has 0 bridgehead atoms. The van der Waals surface area contributed by atoms with E-state index in [-0.39, 0.29) is 38.3 Å². The minimum Gasteiger partial charge on any atom is -0.545 e. The average molecular weight is 527 g/mol. The number of aryl methyl sites for hydroxylation is 2. The van der Waals surface area contributed by atoms with E-state index in [4.69, 9.17) is 5.73 Å². The van der Waals surface area contributed by atoms with Crippen molar-refractivity contribution in [1.29, 1.82) is 0 Å². The number of hydrogen-bond donors (Lipinski definition) is 2. The van der Waals surface area contributed by atoms with Crippen molar-refractivity contribution in [3.05, 3.63) is 70.8 Å². The summed E-state index contributed by atoms with van der Waals surface area (Å²) in [7, 11) is 0. The van der Waals surface area contributed by atoms with Crippen LogP contribution in [0.25, 0.3) is 0 Å². The van der Waals surface area contributed by atoms with E-state index < -0.39 is 11.9 Å². The second kappa shape index (κ2) is 15.5. The zero-order valence-corrected chi connectivity index (χ0v) is 16.8. The molecule has 0 heterocycles. The molecule has 25 heavy (non-hydrogen) atoms. The molecule has 0 saturated carbocycles. The number of rotatable bonds is 2. The smallest absolute Gasteiger partial charge is 0.545 e. The Hall–Kier alpha value is -2.01. The van der Waals surface area contributed by atoms with Gasteiger partial charge in [0.15, 0.2) is 0 Å². The molecule has 0 fully saturated rings. The van der Waals surface area contributed by atoms with Crippen molar-refractivity contribution in [2.45, 2.75) is 20.8 Å². The third kappa shape index (κ3) is 13.0. The van der Waals surface area contributed by atoms with Crippen LogP contribution in [0.3, 0.4) is 0 Å². The SMILES string of the molecule is CCN.Cc1ccc(C(=O)[O-])cc1.Cc1ccc(C(=O)[O-])cc1.N.[Pt+2]. The molecule has 0 atom stereocenters. The minimum absolute atomic E-state index is 0. The van der Waals surface area contributed by atoms with Crippen LogP contribution in [-0.4, -0.2) is 18.5 Å². The first-order valence-corrected chi connectivity index (χ1v) is 7.07. The topological polar surface area (TPSA) is 141 Å². The summed E-state index contributed by atoms with van der Waals surface area (Å²) in [6.45, 7) is 6.46. The van der Waals surface area contributed by atoms with E-state index in [1.54, 1.807) is 24.3 Å². The predicted octanol–water partition coefficient (Wildman–Crippen LogP) is 0.842. The van der Waals surface area contributed by atoms with Gasteiger partial charge < -0.3 is 31.7 Å². The number of aromatic carboxylic acids is 2. The molecular weight excluding hydrogens is 503 g/mol. The third-order valence-electron chi connectivity index (χ3n) is 2.57. The average Bonchev–Trinajstić information content (AvgIpc) is 2.49. The van der Waals surface area contributed by atoms with Crippen LogP contribution in [0.2, 0.25) is 0 Å². The maximum absolute atomic E-state index is 10.2. The summed E-state index contributed by atoms with van der Waals surface area (Å²) in [5.41, 5.74) is 7.39. The number of carboxylic acids is 2. The van der Waals surface area contributed by atoms with Gasteiger partial charge in [-0.25, -0.2) is 0 Å². The normalized spacial score (nSPS) is 8.16. The van der Waals surface area contributed by atoms with Crippen LogP contribution in [-0.2, 0) is 21.1 Å². The fourth-order valence-corrected chi connectivity index (χ4v) is 1.38. The van der Waals surface area contributed by atoms with Gasteiger partial charge in [0.05, 0.1) is 11.9 Å². The van der Waals surface area contributed by atoms with Gasteiger partial charge in [-0.15, -0.1) is 0 Å². The molecular formula is C18H24N2O4Pt. The van der Waals surface area contributed by atoms with Crippen LogP contribution in [0.15, 0.2) is 48.5 Å². The van der Waals surface area contributed by atoms with Gasteiger partial charge in [0, 0.05) is 0 Å². The molecule has 0 aliphatic heterocycles. The summed E-state index contributed by atoms with van der Waals surface area (Å²) in [5.74, 6) is -2.25. The van der Waals surface area contributed by atoms with Crippen molar-refractivity contribution >= 4 is 11.9 Å². The number of carboxylic acid groups (broad SMARTS) is 2. The molecule has 0 unspecified atom stereocenters. The Kier molecular flexibility index (Phi) is 17.3. The van der Waals surface area contributed by atoms with Crippen molar-refractivity contribution in [2.75, 3.05) is 6.54 Å². The maximum Gasteiger partial charge on any atom is 2.00 e. The Morgan fingerprint density at radius 3 is 1.16 bits per heavy atom. The third-order valence-corrected chi connectivity index (χ3v) is 2.57. The van der Waals surface area contributed by atoms with Gasteiger partial charge >= 0.3 is 21.1 Å². The molecule has 2 rings (SSSR count). The van der Waals surface area contributed by atoms with Crippen LogP contribution < -0.4 is 22.1 Å². The van der Waals surface area contributed by atoms with Crippen LogP contribution in [0, 0.1) is 13.8 Å². The van der Waals surface area contributed by atoms with Gasteiger partial charge in [-0.1, -0.05) is 66.6 Å². The molecule has 0 aliphatic carbocycles. The second-order valence-corrected chi connectivity index (χ2v) is 4.72. The van der Waals surface area contributed by atoms with Gasteiger partial charge in [0.25, 0.3) is 0 Å². The van der Waals surface area contributed by atoms with Crippen molar-refractivity contribution < 1.29 is 40.9 Å². The first kappa shape index (κ1) is 27.8. The molecule has 2 aromatic rings. The quantitative estimate of drug-likeness (QED) is 0.593. The first-order chi connectivity index (χ1) is 10.8. The van der Waals surface area contributed by atoms with Crippen molar-refractivity contribution in [1.82, 2.24) is 6.15 Å². The Morgan fingerprint density at radius 2 is 1.00 bits per heavy atom. The number of carbonyl (C=O) groups is 2. The van der Waals surface area contributed by atoms with Gasteiger partial charge in [0.1, 0.15) is 0 Å². The molecule has 0 aromatic heterocycles. The number of carbonyl (C=O) groups excluding carboxylic acids is 2. The van der Waals surface area contributed by atoms with Gasteiger partial charge in [-0.2, -0.15) is 0 Å². The van der Waals surface area contributed by atoms with Crippen molar-refractivity contribution in [3.63, 3.8) is 0 Å². The monoisotopic (exact) mass is 527 g/mol. The molecule has 140 valence electrons. The molecule has 6 nitrogen and oxygen atoms in total. The first-order valence-electron chi connectivity index (χ1n) is 7.07. The van der Waals surface area contributed by atoms with Crippen LogP contribution in [0.1, 0.15) is 38.8 Å². The number of benzene rings is 2. The summed E-state index contributed by atoms with van der Waals surface area (Å²) in [4.78, 5) is 20.4. The molecule has 5 N–H and O–H groups in total. The molecule has 0 aliphatic rings. The fourth-order valence-electron chi connectivity index (χ4n) is 1.38. The van der Waals surface area contributed by atoms with E-state index >= 15 is 0 Å². The Balaban J connectivity index is -0.000000313. The second-order valence-electron chi connectivity index (χ2n) is 4.72. The summed E-state index contributed by atoms with van der Waals surface area (Å²) in [6.07, 6.45) is 0. The van der Waals surface area contributed by atoms with Crippen LogP contribution in [0.5, 0.6) is 0 Å². The molecule has 2 aromatic carbocycles. The molecule has 0 radical (unpaired) electrons. The van der Waals surface area contributed by atoms with Gasteiger partial charge in [-0.3, -0.25) is 0 Å². The standard InChI is InChI=1S/2C8H8O2.C2H7N.H3N.Pt/c2*1-6-2-4-7(5-3-6)8(9)10;1-2-3;;/h2*2-5H,1H3,(H,9,10);2-3H2,1H3;1H3;/q;;;;+2/p-2. The van der Waals surface area contributed by atoms with Gasteiger partial charge in [0.2, 0.25) is 0 Å². The van der Waals surface area contributed by atoms with E-state index in [9.17, 15) is 19.8 Å². The maximum atomic E-state index is 10.2. The van der Waals surface area contributed by atoms with E-state index in [1.807, 2.05) is 20.8 Å². The molecule has 0 spiro atoms.